The number of nitrogens with zero attached hydrogens (tertiary/aromatic N) is 5. The smallest absolute Gasteiger partial charge is 0.239 e. The summed E-state index contributed by atoms with van der Waals surface area (Å²) in [5.41, 5.74) is 1.21. The number of fused-ring (bicyclic) bond motifs is 1. The summed E-state index contributed by atoms with van der Waals surface area (Å²) in [6.07, 6.45) is 8.51. The zero-order valence-corrected chi connectivity index (χ0v) is 13.6. The van der Waals surface area contributed by atoms with Gasteiger partial charge in [0.1, 0.15) is 5.82 Å². The molecule has 0 atom stereocenters. The molecular formula is C18H20N6O. The molecule has 1 aliphatic rings. The van der Waals surface area contributed by atoms with Crippen molar-refractivity contribution in [3.8, 4) is 11.3 Å². The third-order valence-electron chi connectivity index (χ3n) is 4.31. The van der Waals surface area contributed by atoms with Gasteiger partial charge in [-0.05, 0) is 43.5 Å². The van der Waals surface area contributed by atoms with E-state index in [2.05, 4.69) is 25.3 Å². The Kier molecular flexibility index (Phi) is 3.31. The Morgan fingerprint density at radius 1 is 1.20 bits per heavy atom. The molecule has 1 N–H and O–H groups in total. The summed E-state index contributed by atoms with van der Waals surface area (Å²) in [6.45, 7) is -0.0452. The summed E-state index contributed by atoms with van der Waals surface area (Å²) >= 11 is 0. The van der Waals surface area contributed by atoms with Gasteiger partial charge in [0.05, 0.1) is 18.4 Å². The van der Waals surface area contributed by atoms with Crippen molar-refractivity contribution in [2.24, 2.45) is 6.98 Å². The fourth-order valence-electron chi connectivity index (χ4n) is 3.05. The summed E-state index contributed by atoms with van der Waals surface area (Å²) in [5, 5.41) is 8.40. The fourth-order valence-corrected chi connectivity index (χ4v) is 3.05. The van der Waals surface area contributed by atoms with Gasteiger partial charge in [-0.2, -0.15) is 5.10 Å². The molecule has 0 aromatic carbocycles. The predicted molar refractivity (Wildman–Crippen MR) is 96.0 cm³/mol. The summed E-state index contributed by atoms with van der Waals surface area (Å²) in [6, 6.07) is 3.62. The molecule has 1 aliphatic heterocycles. The van der Waals surface area contributed by atoms with E-state index in [1.165, 1.54) is 12.4 Å². The second-order valence-electron chi connectivity index (χ2n) is 6.19. The van der Waals surface area contributed by atoms with Crippen molar-refractivity contribution in [2.75, 3.05) is 25.0 Å². The third kappa shape index (κ3) is 3.51. The standard InChI is InChI=1S/C18H20N6O/c1-23-11-15(10-21-23)16-6-13-7-17(20-9-14(13)8-19-16)22-18(25)12-24-4-2-3-5-24/h6-11H,2-5,12H2,1H3,(H,20,22,25)/i1D3. The monoisotopic (exact) mass is 339 g/mol. The molecular weight excluding hydrogens is 316 g/mol. The van der Waals surface area contributed by atoms with Crippen molar-refractivity contribution in [2.45, 2.75) is 12.8 Å². The Labute approximate surface area is 149 Å². The van der Waals surface area contributed by atoms with Gasteiger partial charge < -0.3 is 5.32 Å². The summed E-state index contributed by atoms with van der Waals surface area (Å²) in [5.74, 6) is 0.397. The number of hydrogen-bond donors (Lipinski definition) is 1. The van der Waals surface area contributed by atoms with Crippen LogP contribution in [0.4, 0.5) is 5.82 Å². The minimum atomic E-state index is -2.33. The molecule has 3 aromatic rings. The molecule has 25 heavy (non-hydrogen) atoms. The highest BCUT2D eigenvalue weighted by molar-refractivity contribution is 5.94. The molecule has 4 rings (SSSR count). The molecule has 7 nitrogen and oxygen atoms in total. The molecule has 4 heterocycles. The number of likely N-dealkylation sites (tertiary alicyclic amines) is 1. The van der Waals surface area contributed by atoms with E-state index in [0.717, 1.165) is 41.4 Å². The number of aromatic nitrogens is 4. The molecule has 0 unspecified atom stereocenters. The van der Waals surface area contributed by atoms with Crippen LogP contribution in [-0.2, 0) is 11.8 Å². The van der Waals surface area contributed by atoms with E-state index in [1.807, 2.05) is 6.07 Å². The van der Waals surface area contributed by atoms with Crippen LogP contribution in [0.2, 0.25) is 0 Å². The number of pyridine rings is 2. The molecule has 0 bridgehead atoms. The highest BCUT2D eigenvalue weighted by atomic mass is 16.2. The number of rotatable bonds is 4. The minimum absolute atomic E-state index is 0.0815. The van der Waals surface area contributed by atoms with E-state index in [9.17, 15) is 4.79 Å². The first kappa shape index (κ1) is 12.5. The van der Waals surface area contributed by atoms with E-state index in [0.29, 0.717) is 23.6 Å². The van der Waals surface area contributed by atoms with Crippen molar-refractivity contribution in [1.82, 2.24) is 24.6 Å². The average molecular weight is 339 g/mol. The zero-order chi connectivity index (χ0) is 19.7. The highest BCUT2D eigenvalue weighted by Crippen LogP contribution is 2.22. The zero-order valence-electron chi connectivity index (χ0n) is 16.6. The maximum Gasteiger partial charge on any atom is 0.239 e. The lowest BCUT2D eigenvalue weighted by Crippen LogP contribution is -2.31. The highest BCUT2D eigenvalue weighted by Gasteiger charge is 2.15. The molecule has 1 amide bonds. The van der Waals surface area contributed by atoms with Crippen molar-refractivity contribution in [1.29, 1.82) is 0 Å². The first-order valence-corrected chi connectivity index (χ1v) is 8.22. The van der Waals surface area contributed by atoms with Gasteiger partial charge in [0.25, 0.3) is 0 Å². The quantitative estimate of drug-likeness (QED) is 0.787. The molecule has 1 fully saturated rings. The van der Waals surface area contributed by atoms with Crippen molar-refractivity contribution >= 4 is 22.5 Å². The summed E-state index contributed by atoms with van der Waals surface area (Å²) in [4.78, 5) is 23.0. The van der Waals surface area contributed by atoms with Crippen LogP contribution in [0.1, 0.15) is 17.0 Å². The summed E-state index contributed by atoms with van der Waals surface area (Å²) in [7, 11) is 0. The molecule has 128 valence electrons. The fraction of sp³-hybridized carbons (Fsp3) is 0.333. The second kappa shape index (κ2) is 6.60. The van der Waals surface area contributed by atoms with Gasteiger partial charge in [-0.15, -0.1) is 0 Å². The molecule has 1 saturated heterocycles. The number of nitrogens with one attached hydrogen (secondary N) is 1. The van der Waals surface area contributed by atoms with Crippen molar-refractivity contribution in [3.05, 3.63) is 36.9 Å². The number of aryl methyl sites for hydroxylation is 1. The Morgan fingerprint density at radius 3 is 2.84 bits per heavy atom. The van der Waals surface area contributed by atoms with Crippen molar-refractivity contribution < 1.29 is 8.91 Å². The van der Waals surface area contributed by atoms with E-state index >= 15 is 0 Å². The first-order chi connectivity index (χ1) is 13.4. The summed E-state index contributed by atoms with van der Waals surface area (Å²) < 4.78 is 23.2. The lowest BCUT2D eigenvalue weighted by atomic mass is 10.1. The SMILES string of the molecule is [2H]C([2H])([2H])n1cc(-c2cc3cc(NC(=O)CN4CCCC4)ncc3cn2)cn1. The lowest BCUT2D eigenvalue weighted by Gasteiger charge is -2.13. The van der Waals surface area contributed by atoms with Crippen LogP contribution in [0.15, 0.2) is 36.9 Å². The van der Waals surface area contributed by atoms with Gasteiger partial charge >= 0.3 is 0 Å². The molecule has 7 heteroatoms. The Balaban J connectivity index is 1.55. The van der Waals surface area contributed by atoms with Gasteiger partial charge in [0.15, 0.2) is 0 Å². The Morgan fingerprint density at radius 2 is 2.04 bits per heavy atom. The Bertz CT molecular complexity index is 1010. The molecule has 0 spiro atoms. The van der Waals surface area contributed by atoms with Gasteiger partial charge in [0.2, 0.25) is 5.91 Å². The molecule has 0 saturated carbocycles. The van der Waals surface area contributed by atoms with Crippen LogP contribution in [-0.4, -0.2) is 50.2 Å². The third-order valence-corrected chi connectivity index (χ3v) is 4.31. The number of amides is 1. The first-order valence-electron chi connectivity index (χ1n) is 9.72. The lowest BCUT2D eigenvalue weighted by molar-refractivity contribution is -0.117. The molecule has 3 aromatic heterocycles. The van der Waals surface area contributed by atoms with E-state index in [4.69, 9.17) is 4.11 Å². The van der Waals surface area contributed by atoms with Crippen LogP contribution < -0.4 is 5.32 Å². The predicted octanol–water partition coefficient (Wildman–Crippen LogP) is 2.06. The van der Waals surface area contributed by atoms with Crippen LogP contribution in [0.25, 0.3) is 22.0 Å². The Hall–Kier alpha value is -2.80. The topological polar surface area (TPSA) is 75.9 Å². The number of carbonyl (C=O) groups excluding carboxylic acids is 1. The second-order valence-corrected chi connectivity index (χ2v) is 6.19. The van der Waals surface area contributed by atoms with Crippen LogP contribution in [0, 0.1) is 0 Å². The van der Waals surface area contributed by atoms with E-state index in [-0.39, 0.29) is 5.91 Å². The van der Waals surface area contributed by atoms with Gasteiger partial charge in [-0.1, -0.05) is 0 Å². The largest absolute Gasteiger partial charge is 0.310 e. The molecule has 0 radical (unpaired) electrons. The van der Waals surface area contributed by atoms with Crippen LogP contribution >= 0.6 is 0 Å². The van der Waals surface area contributed by atoms with Crippen LogP contribution in [0.3, 0.4) is 0 Å². The molecule has 0 aliphatic carbocycles. The maximum atomic E-state index is 12.2. The number of carbonyl (C=O) groups is 1. The number of anilines is 1. The van der Waals surface area contributed by atoms with Gasteiger partial charge in [-0.25, -0.2) is 4.98 Å². The van der Waals surface area contributed by atoms with E-state index in [1.54, 1.807) is 18.5 Å². The van der Waals surface area contributed by atoms with Crippen LogP contribution in [0.5, 0.6) is 0 Å². The van der Waals surface area contributed by atoms with E-state index < -0.39 is 6.98 Å². The van der Waals surface area contributed by atoms with Gasteiger partial charge in [0, 0.05) is 40.6 Å². The normalized spacial score (nSPS) is 17.2. The minimum Gasteiger partial charge on any atom is -0.310 e. The number of hydrogen-bond acceptors (Lipinski definition) is 5. The average Bonchev–Trinajstić information content (AvgIpc) is 3.32. The van der Waals surface area contributed by atoms with Crippen molar-refractivity contribution in [3.63, 3.8) is 0 Å². The maximum absolute atomic E-state index is 12.2. The van der Waals surface area contributed by atoms with Gasteiger partial charge in [-0.3, -0.25) is 19.4 Å².